The molecule has 0 fully saturated rings. The Hall–Kier alpha value is -2.04. The van der Waals surface area contributed by atoms with Gasteiger partial charge in [-0.1, -0.05) is 18.2 Å². The second-order valence-corrected chi connectivity index (χ2v) is 4.65. The Morgan fingerprint density at radius 3 is 2.65 bits per heavy atom. The molecule has 0 bridgehead atoms. The van der Waals surface area contributed by atoms with Crippen molar-refractivity contribution in [3.05, 3.63) is 29.8 Å². The molecule has 20 heavy (non-hydrogen) atoms. The number of amides is 1. The van der Waals surface area contributed by atoms with Gasteiger partial charge in [0.15, 0.2) is 5.96 Å². The summed E-state index contributed by atoms with van der Waals surface area (Å²) in [5.74, 6) is 0.735. The van der Waals surface area contributed by atoms with E-state index in [-0.39, 0.29) is 12.5 Å². The number of hydrogen-bond acceptors (Lipinski definition) is 2. The Labute approximate surface area is 120 Å². The molecule has 1 aromatic rings. The zero-order chi connectivity index (χ0) is 14.4. The van der Waals surface area contributed by atoms with E-state index in [2.05, 4.69) is 21.7 Å². The summed E-state index contributed by atoms with van der Waals surface area (Å²) in [5, 5.41) is 6.23. The van der Waals surface area contributed by atoms with Crippen molar-refractivity contribution < 1.29 is 4.79 Å². The molecular formula is C15H22N4O. The average Bonchev–Trinajstić information content (AvgIpc) is 2.89. The lowest BCUT2D eigenvalue weighted by Gasteiger charge is -2.16. The number of anilines is 1. The van der Waals surface area contributed by atoms with E-state index in [1.165, 1.54) is 5.56 Å². The number of benzene rings is 1. The van der Waals surface area contributed by atoms with E-state index in [1.807, 2.05) is 36.9 Å². The van der Waals surface area contributed by atoms with E-state index in [4.69, 9.17) is 0 Å². The van der Waals surface area contributed by atoms with Gasteiger partial charge in [-0.25, -0.2) is 4.99 Å². The number of nitrogens with one attached hydrogen (secondary N) is 2. The summed E-state index contributed by atoms with van der Waals surface area (Å²) in [6.07, 6.45) is 0.929. The molecule has 1 aliphatic heterocycles. The zero-order valence-electron chi connectivity index (χ0n) is 12.1. The fourth-order valence-electron chi connectivity index (χ4n) is 2.34. The van der Waals surface area contributed by atoms with Crippen LogP contribution < -0.4 is 15.5 Å². The van der Waals surface area contributed by atoms with Crippen LogP contribution in [0.3, 0.4) is 0 Å². The Morgan fingerprint density at radius 1 is 1.25 bits per heavy atom. The van der Waals surface area contributed by atoms with Gasteiger partial charge in [0.2, 0.25) is 5.91 Å². The van der Waals surface area contributed by atoms with Gasteiger partial charge in [0.1, 0.15) is 6.54 Å². The number of rotatable bonds is 4. The Bertz CT molecular complexity index is 490. The molecule has 0 radical (unpaired) electrons. The van der Waals surface area contributed by atoms with Crippen LogP contribution in [0.15, 0.2) is 29.3 Å². The van der Waals surface area contributed by atoms with Crippen LogP contribution in [0.5, 0.6) is 0 Å². The fraction of sp³-hybridized carbons (Fsp3) is 0.467. The monoisotopic (exact) mass is 274 g/mol. The van der Waals surface area contributed by atoms with Gasteiger partial charge >= 0.3 is 0 Å². The van der Waals surface area contributed by atoms with Crippen molar-refractivity contribution in [3.63, 3.8) is 0 Å². The van der Waals surface area contributed by atoms with Crippen LogP contribution in [0.4, 0.5) is 5.69 Å². The lowest BCUT2D eigenvalue weighted by molar-refractivity contribution is -0.117. The molecule has 2 rings (SSSR count). The second kappa shape index (κ2) is 6.93. The topological polar surface area (TPSA) is 56.7 Å². The van der Waals surface area contributed by atoms with E-state index >= 15 is 0 Å². The molecule has 0 aromatic heterocycles. The second-order valence-electron chi connectivity index (χ2n) is 4.65. The van der Waals surface area contributed by atoms with E-state index in [1.54, 1.807) is 0 Å². The smallest absolute Gasteiger partial charge is 0.248 e. The maximum absolute atomic E-state index is 12.3. The standard InChI is InChI=1S/C15H22N4O/c1-3-16-15(17-4-2)18-11-14(20)19-10-9-12-7-5-6-8-13(12)19/h5-8H,3-4,9-11H2,1-2H3,(H2,16,17,18). The highest BCUT2D eigenvalue weighted by Gasteiger charge is 2.23. The van der Waals surface area contributed by atoms with Gasteiger partial charge in [0.25, 0.3) is 0 Å². The lowest BCUT2D eigenvalue weighted by atomic mass is 10.2. The summed E-state index contributed by atoms with van der Waals surface area (Å²) >= 11 is 0. The highest BCUT2D eigenvalue weighted by atomic mass is 16.2. The number of carbonyl (C=O) groups is 1. The van der Waals surface area contributed by atoms with Gasteiger partial charge in [0, 0.05) is 25.3 Å². The molecule has 108 valence electrons. The van der Waals surface area contributed by atoms with Crippen molar-refractivity contribution in [3.8, 4) is 0 Å². The summed E-state index contributed by atoms with van der Waals surface area (Å²) < 4.78 is 0. The third-order valence-corrected chi connectivity index (χ3v) is 3.25. The molecule has 2 N–H and O–H groups in total. The molecule has 1 heterocycles. The van der Waals surface area contributed by atoms with Crippen LogP contribution in [0, 0.1) is 0 Å². The minimum Gasteiger partial charge on any atom is -0.357 e. The number of guanidine groups is 1. The van der Waals surface area contributed by atoms with E-state index in [0.717, 1.165) is 31.7 Å². The minimum atomic E-state index is 0.0447. The molecule has 1 aromatic carbocycles. The van der Waals surface area contributed by atoms with Gasteiger partial charge < -0.3 is 15.5 Å². The number of hydrogen-bond donors (Lipinski definition) is 2. The first-order valence-electron chi connectivity index (χ1n) is 7.16. The van der Waals surface area contributed by atoms with Crippen molar-refractivity contribution in [1.29, 1.82) is 0 Å². The molecule has 0 unspecified atom stereocenters. The summed E-state index contributed by atoms with van der Waals surface area (Å²) in [5.41, 5.74) is 2.27. The number of fused-ring (bicyclic) bond motifs is 1. The maximum Gasteiger partial charge on any atom is 0.248 e. The quantitative estimate of drug-likeness (QED) is 0.640. The third-order valence-electron chi connectivity index (χ3n) is 3.25. The number of carbonyl (C=O) groups excluding carboxylic acids is 1. The average molecular weight is 274 g/mol. The normalized spacial score (nSPS) is 12.8. The Balaban J connectivity index is 2.01. The first-order valence-corrected chi connectivity index (χ1v) is 7.16. The fourth-order valence-corrected chi connectivity index (χ4v) is 2.34. The van der Waals surface area contributed by atoms with Crippen LogP contribution in [-0.4, -0.2) is 38.0 Å². The summed E-state index contributed by atoms with van der Waals surface area (Å²) in [4.78, 5) is 18.4. The molecule has 0 saturated heterocycles. The van der Waals surface area contributed by atoms with Crippen molar-refractivity contribution in [1.82, 2.24) is 10.6 Å². The SMILES string of the molecule is CCNC(=NCC(=O)N1CCc2ccccc21)NCC. The molecule has 0 spiro atoms. The maximum atomic E-state index is 12.3. The highest BCUT2D eigenvalue weighted by Crippen LogP contribution is 2.27. The molecule has 0 atom stereocenters. The van der Waals surface area contributed by atoms with E-state index in [0.29, 0.717) is 5.96 Å². The third kappa shape index (κ3) is 3.29. The summed E-state index contributed by atoms with van der Waals surface area (Å²) in [6.45, 7) is 6.51. The van der Waals surface area contributed by atoms with Crippen molar-refractivity contribution >= 4 is 17.6 Å². The number of aliphatic imine (C=N–C) groups is 1. The van der Waals surface area contributed by atoms with Crippen LogP contribution >= 0.6 is 0 Å². The largest absolute Gasteiger partial charge is 0.357 e. The number of para-hydroxylation sites is 1. The van der Waals surface area contributed by atoms with Gasteiger partial charge in [-0.3, -0.25) is 4.79 Å². The lowest BCUT2D eigenvalue weighted by Crippen LogP contribution is -2.38. The van der Waals surface area contributed by atoms with Gasteiger partial charge in [0.05, 0.1) is 0 Å². The van der Waals surface area contributed by atoms with Crippen LogP contribution in [0.25, 0.3) is 0 Å². The molecule has 0 aliphatic carbocycles. The predicted octanol–water partition coefficient (Wildman–Crippen LogP) is 1.15. The molecule has 5 heteroatoms. The van der Waals surface area contributed by atoms with Crippen molar-refractivity contribution in [2.45, 2.75) is 20.3 Å². The predicted molar refractivity (Wildman–Crippen MR) is 82.2 cm³/mol. The van der Waals surface area contributed by atoms with E-state index < -0.39 is 0 Å². The van der Waals surface area contributed by atoms with Crippen LogP contribution in [0.2, 0.25) is 0 Å². The summed E-state index contributed by atoms with van der Waals surface area (Å²) in [6, 6.07) is 8.06. The van der Waals surface area contributed by atoms with Gasteiger partial charge in [-0.15, -0.1) is 0 Å². The Morgan fingerprint density at radius 2 is 1.95 bits per heavy atom. The molecular weight excluding hydrogens is 252 g/mol. The van der Waals surface area contributed by atoms with Crippen LogP contribution in [0.1, 0.15) is 19.4 Å². The van der Waals surface area contributed by atoms with Gasteiger partial charge in [-0.2, -0.15) is 0 Å². The van der Waals surface area contributed by atoms with Crippen molar-refractivity contribution in [2.24, 2.45) is 4.99 Å². The Kier molecular flexibility index (Phi) is 4.98. The molecule has 1 aliphatic rings. The molecule has 5 nitrogen and oxygen atoms in total. The van der Waals surface area contributed by atoms with Gasteiger partial charge in [-0.05, 0) is 31.9 Å². The first kappa shape index (κ1) is 14.4. The first-order chi connectivity index (χ1) is 9.76. The zero-order valence-corrected chi connectivity index (χ0v) is 12.1. The van der Waals surface area contributed by atoms with Crippen molar-refractivity contribution in [2.75, 3.05) is 31.1 Å². The number of nitrogens with zero attached hydrogens (tertiary/aromatic N) is 2. The minimum absolute atomic E-state index is 0.0447. The summed E-state index contributed by atoms with van der Waals surface area (Å²) in [7, 11) is 0. The highest BCUT2D eigenvalue weighted by molar-refractivity contribution is 5.98. The van der Waals surface area contributed by atoms with E-state index in [9.17, 15) is 4.79 Å². The van der Waals surface area contributed by atoms with Crippen LogP contribution in [-0.2, 0) is 11.2 Å². The molecule has 0 saturated carbocycles. The molecule has 1 amide bonds.